The highest BCUT2D eigenvalue weighted by atomic mass is 32.2. The molecule has 1 atom stereocenters. The molecule has 1 saturated heterocycles. The number of fused-ring (bicyclic) bond motifs is 1. The standard InChI is InChI=1S/C16H22N2O5S/c19-16(18-12-4-6-17-11-12)5-9-24(20,21)13-2-3-14-15(10-13)23-8-1-7-22-14/h2-3,10,12,17H,1,4-9,11H2,(H,18,19). The molecule has 8 heteroatoms. The van der Waals surface area contributed by atoms with Crippen molar-refractivity contribution in [1.82, 2.24) is 10.6 Å². The van der Waals surface area contributed by atoms with Crippen LogP contribution in [0.25, 0.3) is 0 Å². The molecule has 1 amide bonds. The summed E-state index contributed by atoms with van der Waals surface area (Å²) in [5, 5.41) is 6.00. The second-order valence-electron chi connectivity index (χ2n) is 5.99. The van der Waals surface area contributed by atoms with Gasteiger partial charge in [-0.05, 0) is 25.1 Å². The van der Waals surface area contributed by atoms with Gasteiger partial charge < -0.3 is 20.1 Å². The van der Waals surface area contributed by atoms with Crippen molar-refractivity contribution in [2.75, 3.05) is 32.1 Å². The molecule has 0 bridgehead atoms. The van der Waals surface area contributed by atoms with Crippen molar-refractivity contribution in [3.63, 3.8) is 0 Å². The summed E-state index contributed by atoms with van der Waals surface area (Å²) in [6, 6.07) is 4.69. The normalized spacial score (nSPS) is 20.4. The summed E-state index contributed by atoms with van der Waals surface area (Å²) in [6.45, 7) is 2.66. The molecule has 2 N–H and O–H groups in total. The smallest absolute Gasteiger partial charge is 0.221 e. The maximum absolute atomic E-state index is 12.5. The maximum atomic E-state index is 12.5. The van der Waals surface area contributed by atoms with Crippen LogP contribution in [0.1, 0.15) is 19.3 Å². The zero-order chi connectivity index (χ0) is 17.0. The van der Waals surface area contributed by atoms with Gasteiger partial charge in [0.25, 0.3) is 0 Å². The molecule has 1 unspecified atom stereocenters. The summed E-state index contributed by atoms with van der Waals surface area (Å²) in [6.07, 6.45) is 1.58. The third-order valence-corrected chi connectivity index (χ3v) is 5.82. The van der Waals surface area contributed by atoms with Gasteiger partial charge in [-0.1, -0.05) is 0 Å². The predicted molar refractivity (Wildman–Crippen MR) is 88.1 cm³/mol. The second kappa shape index (κ2) is 7.40. The van der Waals surface area contributed by atoms with E-state index < -0.39 is 9.84 Å². The lowest BCUT2D eigenvalue weighted by Gasteiger charge is -2.12. The molecule has 0 spiro atoms. The van der Waals surface area contributed by atoms with Crippen molar-refractivity contribution in [2.24, 2.45) is 0 Å². The van der Waals surface area contributed by atoms with E-state index >= 15 is 0 Å². The zero-order valence-electron chi connectivity index (χ0n) is 13.4. The van der Waals surface area contributed by atoms with Crippen LogP contribution in [0, 0.1) is 0 Å². The van der Waals surface area contributed by atoms with Gasteiger partial charge >= 0.3 is 0 Å². The minimum Gasteiger partial charge on any atom is -0.490 e. The Morgan fingerprint density at radius 1 is 1.25 bits per heavy atom. The lowest BCUT2D eigenvalue weighted by atomic mass is 10.2. The van der Waals surface area contributed by atoms with E-state index in [2.05, 4.69) is 10.6 Å². The van der Waals surface area contributed by atoms with Crippen LogP contribution in [0.3, 0.4) is 0 Å². The van der Waals surface area contributed by atoms with Crippen molar-refractivity contribution in [1.29, 1.82) is 0 Å². The van der Waals surface area contributed by atoms with E-state index in [1.54, 1.807) is 6.07 Å². The Hall–Kier alpha value is -1.80. The van der Waals surface area contributed by atoms with Crippen molar-refractivity contribution in [3.8, 4) is 11.5 Å². The van der Waals surface area contributed by atoms with E-state index in [1.807, 2.05) is 0 Å². The number of carbonyl (C=O) groups is 1. The average molecular weight is 354 g/mol. The Bertz CT molecular complexity index is 698. The number of nitrogens with one attached hydrogen (secondary N) is 2. The van der Waals surface area contributed by atoms with Gasteiger partial charge in [0, 0.05) is 31.5 Å². The molecule has 24 heavy (non-hydrogen) atoms. The number of hydrogen-bond donors (Lipinski definition) is 2. The van der Waals surface area contributed by atoms with Crippen molar-refractivity contribution < 1.29 is 22.7 Å². The van der Waals surface area contributed by atoms with E-state index in [9.17, 15) is 13.2 Å². The Kier molecular flexibility index (Phi) is 5.25. The first kappa shape index (κ1) is 17.0. The van der Waals surface area contributed by atoms with E-state index in [1.165, 1.54) is 12.1 Å². The van der Waals surface area contributed by atoms with Gasteiger partial charge in [0.05, 0.1) is 23.9 Å². The Labute approximate surface area is 141 Å². The van der Waals surface area contributed by atoms with E-state index in [-0.39, 0.29) is 29.0 Å². The molecule has 7 nitrogen and oxygen atoms in total. The fourth-order valence-electron chi connectivity index (χ4n) is 2.76. The van der Waals surface area contributed by atoms with Crippen LogP contribution in [-0.4, -0.2) is 52.4 Å². The van der Waals surface area contributed by atoms with Crippen molar-refractivity contribution in [3.05, 3.63) is 18.2 Å². The number of rotatable bonds is 5. The lowest BCUT2D eigenvalue weighted by Crippen LogP contribution is -2.36. The number of benzene rings is 1. The molecule has 2 heterocycles. The molecule has 2 aliphatic heterocycles. The first-order valence-corrected chi connectivity index (χ1v) is 9.82. The van der Waals surface area contributed by atoms with Crippen LogP contribution in [0.15, 0.2) is 23.1 Å². The first-order chi connectivity index (χ1) is 11.5. The number of sulfone groups is 1. The topological polar surface area (TPSA) is 93.7 Å². The fraction of sp³-hybridized carbons (Fsp3) is 0.562. The summed E-state index contributed by atoms with van der Waals surface area (Å²) >= 11 is 0. The van der Waals surface area contributed by atoms with Gasteiger partial charge in [0.1, 0.15) is 0 Å². The Morgan fingerprint density at radius 3 is 2.79 bits per heavy atom. The van der Waals surface area contributed by atoms with Crippen LogP contribution in [0.4, 0.5) is 0 Å². The summed E-state index contributed by atoms with van der Waals surface area (Å²) in [5.74, 6) is 0.535. The summed E-state index contributed by atoms with van der Waals surface area (Å²) in [5.41, 5.74) is 0. The highest BCUT2D eigenvalue weighted by Crippen LogP contribution is 2.32. The first-order valence-electron chi connectivity index (χ1n) is 8.17. The third kappa shape index (κ3) is 4.18. The Morgan fingerprint density at radius 2 is 2.04 bits per heavy atom. The molecule has 132 valence electrons. The number of carbonyl (C=O) groups excluding carboxylic acids is 1. The number of amides is 1. The highest BCUT2D eigenvalue weighted by molar-refractivity contribution is 7.91. The molecule has 1 fully saturated rings. The van der Waals surface area contributed by atoms with Crippen molar-refractivity contribution in [2.45, 2.75) is 30.2 Å². The predicted octanol–water partition coefficient (Wildman–Crippen LogP) is 0.490. The largest absolute Gasteiger partial charge is 0.490 e. The monoisotopic (exact) mass is 354 g/mol. The van der Waals surface area contributed by atoms with Crippen LogP contribution in [0.2, 0.25) is 0 Å². The molecular formula is C16H22N2O5S. The van der Waals surface area contributed by atoms with Crippen LogP contribution in [0.5, 0.6) is 11.5 Å². The Balaban J connectivity index is 1.62. The lowest BCUT2D eigenvalue weighted by molar-refractivity contribution is -0.121. The SMILES string of the molecule is O=C(CCS(=O)(=O)c1ccc2c(c1)OCCCO2)NC1CCNC1. The molecule has 0 saturated carbocycles. The van der Waals surface area contributed by atoms with Crippen LogP contribution in [-0.2, 0) is 14.6 Å². The number of ether oxygens (including phenoxy) is 2. The summed E-state index contributed by atoms with van der Waals surface area (Å²) in [7, 11) is -3.55. The van der Waals surface area contributed by atoms with Gasteiger partial charge in [-0.2, -0.15) is 0 Å². The maximum Gasteiger partial charge on any atom is 0.221 e. The number of hydrogen-bond acceptors (Lipinski definition) is 6. The van der Waals surface area contributed by atoms with Crippen LogP contribution < -0.4 is 20.1 Å². The molecule has 0 radical (unpaired) electrons. The zero-order valence-corrected chi connectivity index (χ0v) is 14.2. The average Bonchev–Trinajstić information content (AvgIpc) is 2.95. The second-order valence-corrected chi connectivity index (χ2v) is 8.09. The van der Waals surface area contributed by atoms with Gasteiger partial charge in [-0.15, -0.1) is 0 Å². The van der Waals surface area contributed by atoms with E-state index in [0.29, 0.717) is 24.7 Å². The summed E-state index contributed by atoms with van der Waals surface area (Å²) < 4.78 is 35.9. The van der Waals surface area contributed by atoms with E-state index in [0.717, 1.165) is 25.9 Å². The molecule has 3 rings (SSSR count). The molecule has 1 aromatic rings. The molecule has 0 aromatic heterocycles. The van der Waals surface area contributed by atoms with Gasteiger partial charge in [-0.3, -0.25) is 4.79 Å². The van der Waals surface area contributed by atoms with Crippen molar-refractivity contribution >= 4 is 15.7 Å². The van der Waals surface area contributed by atoms with Gasteiger partial charge in [0.15, 0.2) is 21.3 Å². The molecule has 1 aromatic carbocycles. The fourth-order valence-corrected chi connectivity index (χ4v) is 4.01. The molecule has 2 aliphatic rings. The minimum atomic E-state index is -3.55. The van der Waals surface area contributed by atoms with Crippen LogP contribution >= 0.6 is 0 Å². The quantitative estimate of drug-likeness (QED) is 0.799. The summed E-state index contributed by atoms with van der Waals surface area (Å²) in [4.78, 5) is 12.1. The van der Waals surface area contributed by atoms with E-state index in [4.69, 9.17) is 9.47 Å². The van der Waals surface area contributed by atoms with Gasteiger partial charge in [-0.25, -0.2) is 8.42 Å². The third-order valence-electron chi connectivity index (χ3n) is 4.10. The molecular weight excluding hydrogens is 332 g/mol. The molecule has 0 aliphatic carbocycles. The van der Waals surface area contributed by atoms with Gasteiger partial charge in [0.2, 0.25) is 5.91 Å². The minimum absolute atomic E-state index is 0.0483. The highest BCUT2D eigenvalue weighted by Gasteiger charge is 2.22.